The van der Waals surface area contributed by atoms with Crippen LogP contribution in [0.15, 0.2) is 34.7 Å². The van der Waals surface area contributed by atoms with Crippen LogP contribution in [0.1, 0.15) is 26.7 Å². The fourth-order valence-corrected chi connectivity index (χ4v) is 1.69. The van der Waals surface area contributed by atoms with Gasteiger partial charge in [-0.1, -0.05) is 0 Å². The predicted molar refractivity (Wildman–Crippen MR) is 72.8 cm³/mol. The number of esters is 1. The van der Waals surface area contributed by atoms with Crippen molar-refractivity contribution in [2.24, 2.45) is 0 Å². The summed E-state index contributed by atoms with van der Waals surface area (Å²) in [7, 11) is 2.78. The summed E-state index contributed by atoms with van der Waals surface area (Å²) in [5.74, 6) is 0.916. The Morgan fingerprint density at radius 2 is 2.00 bits per heavy atom. The molecule has 0 spiro atoms. The number of hydrogen-bond acceptors (Lipinski definition) is 6. The summed E-state index contributed by atoms with van der Waals surface area (Å²) < 4.78 is 20.5. The molecule has 110 valence electrons. The van der Waals surface area contributed by atoms with Crippen molar-refractivity contribution in [1.29, 1.82) is 0 Å². The van der Waals surface area contributed by atoms with Crippen LogP contribution in [0, 0.1) is 0 Å². The van der Waals surface area contributed by atoms with Gasteiger partial charge in [-0.2, -0.15) is 0 Å². The molecule has 0 unspecified atom stereocenters. The zero-order valence-corrected chi connectivity index (χ0v) is 11.6. The molecule has 0 aliphatic heterocycles. The molecule has 2 rings (SSSR count). The number of hydrogen-bond donors (Lipinski definition) is 0. The van der Waals surface area contributed by atoms with Gasteiger partial charge in [0.05, 0.1) is 14.2 Å². The third kappa shape index (κ3) is 3.42. The molecule has 1 aromatic heterocycles. The summed E-state index contributed by atoms with van der Waals surface area (Å²) in [6.45, 7) is 0.0929. The number of carbonyl (C=O) groups is 2. The fourth-order valence-electron chi connectivity index (χ4n) is 1.69. The highest BCUT2D eigenvalue weighted by molar-refractivity contribution is 5.86. The average molecular weight is 290 g/mol. The van der Waals surface area contributed by atoms with Crippen LogP contribution in [-0.4, -0.2) is 26.5 Å². The lowest BCUT2D eigenvalue weighted by Crippen LogP contribution is -1.99. The second-order valence-corrected chi connectivity index (χ2v) is 4.07. The van der Waals surface area contributed by atoms with Gasteiger partial charge in [-0.3, -0.25) is 4.79 Å². The van der Waals surface area contributed by atoms with Crippen molar-refractivity contribution >= 4 is 12.3 Å². The van der Waals surface area contributed by atoms with E-state index in [1.807, 2.05) is 0 Å². The van der Waals surface area contributed by atoms with E-state index < -0.39 is 5.97 Å². The standard InChI is InChI=1S/C15H14O6/c1-18-12-5-3-10(8-16)7-14(12)20-9-11-4-6-13(21-11)15(17)19-2/h3-8H,9H2,1-2H3. The second kappa shape index (κ2) is 6.60. The van der Waals surface area contributed by atoms with Crippen molar-refractivity contribution in [3.8, 4) is 11.5 Å². The van der Waals surface area contributed by atoms with Crippen LogP contribution in [0.3, 0.4) is 0 Å². The van der Waals surface area contributed by atoms with E-state index in [2.05, 4.69) is 4.74 Å². The number of methoxy groups -OCH3 is 2. The summed E-state index contributed by atoms with van der Waals surface area (Å²) >= 11 is 0. The van der Waals surface area contributed by atoms with Crippen LogP contribution in [0.4, 0.5) is 0 Å². The number of furan rings is 1. The van der Waals surface area contributed by atoms with Crippen molar-refractivity contribution in [1.82, 2.24) is 0 Å². The maximum Gasteiger partial charge on any atom is 0.373 e. The summed E-state index contributed by atoms with van der Waals surface area (Å²) in [4.78, 5) is 22.0. The van der Waals surface area contributed by atoms with E-state index in [1.165, 1.54) is 20.3 Å². The van der Waals surface area contributed by atoms with Crippen LogP contribution in [0.5, 0.6) is 11.5 Å². The molecule has 0 N–H and O–H groups in total. The third-order valence-corrected chi connectivity index (χ3v) is 2.74. The smallest absolute Gasteiger partial charge is 0.373 e. The maximum atomic E-state index is 11.3. The molecule has 21 heavy (non-hydrogen) atoms. The van der Waals surface area contributed by atoms with E-state index in [4.69, 9.17) is 13.9 Å². The van der Waals surface area contributed by atoms with Gasteiger partial charge in [-0.25, -0.2) is 4.79 Å². The summed E-state index contributed by atoms with van der Waals surface area (Å²) in [6.07, 6.45) is 0.717. The Hall–Kier alpha value is -2.76. The molecule has 0 aliphatic rings. The Kier molecular flexibility index (Phi) is 4.61. The Morgan fingerprint density at radius 3 is 2.67 bits per heavy atom. The Balaban J connectivity index is 2.10. The first-order chi connectivity index (χ1) is 10.2. The SMILES string of the molecule is COC(=O)c1ccc(COc2cc(C=O)ccc2OC)o1. The Labute approximate surface area is 121 Å². The molecule has 0 fully saturated rings. The van der Waals surface area contributed by atoms with E-state index in [1.54, 1.807) is 24.3 Å². The number of rotatable bonds is 6. The summed E-state index contributed by atoms with van der Waals surface area (Å²) in [5.41, 5.74) is 0.473. The third-order valence-electron chi connectivity index (χ3n) is 2.74. The second-order valence-electron chi connectivity index (χ2n) is 4.07. The average Bonchev–Trinajstić information content (AvgIpc) is 3.00. The molecule has 0 saturated heterocycles. The van der Waals surface area contributed by atoms with Crippen LogP contribution in [0.25, 0.3) is 0 Å². The molecule has 0 amide bonds. The van der Waals surface area contributed by atoms with Gasteiger partial charge in [0, 0.05) is 5.56 Å². The zero-order valence-electron chi connectivity index (χ0n) is 11.6. The molecule has 0 aliphatic carbocycles. The molecule has 0 radical (unpaired) electrons. The molecule has 0 atom stereocenters. The lowest BCUT2D eigenvalue weighted by Gasteiger charge is -2.09. The van der Waals surface area contributed by atoms with Gasteiger partial charge in [-0.05, 0) is 30.3 Å². The van der Waals surface area contributed by atoms with Gasteiger partial charge >= 0.3 is 5.97 Å². The molecule has 1 heterocycles. The molecule has 1 aromatic carbocycles. The van der Waals surface area contributed by atoms with Crippen LogP contribution in [0.2, 0.25) is 0 Å². The molecule has 0 saturated carbocycles. The fraction of sp³-hybridized carbons (Fsp3) is 0.200. The topological polar surface area (TPSA) is 75.0 Å². The van der Waals surface area contributed by atoms with E-state index >= 15 is 0 Å². The quantitative estimate of drug-likeness (QED) is 0.601. The minimum Gasteiger partial charge on any atom is -0.493 e. The molecular formula is C15H14O6. The van der Waals surface area contributed by atoms with Gasteiger partial charge in [0.2, 0.25) is 5.76 Å². The number of carbonyl (C=O) groups excluding carboxylic acids is 2. The van der Waals surface area contributed by atoms with Crippen molar-refractivity contribution in [3.63, 3.8) is 0 Å². The Bertz CT molecular complexity index is 643. The maximum absolute atomic E-state index is 11.3. The monoisotopic (exact) mass is 290 g/mol. The van der Waals surface area contributed by atoms with Crippen molar-refractivity contribution in [3.05, 3.63) is 47.4 Å². The van der Waals surface area contributed by atoms with Gasteiger partial charge in [0.15, 0.2) is 11.5 Å². The van der Waals surface area contributed by atoms with Crippen molar-refractivity contribution in [2.75, 3.05) is 14.2 Å². The molecular weight excluding hydrogens is 276 g/mol. The first-order valence-electron chi connectivity index (χ1n) is 6.11. The highest BCUT2D eigenvalue weighted by Gasteiger charge is 2.12. The number of aldehydes is 1. The lowest BCUT2D eigenvalue weighted by molar-refractivity contribution is 0.0560. The first kappa shape index (κ1) is 14.6. The van der Waals surface area contributed by atoms with E-state index in [-0.39, 0.29) is 12.4 Å². The van der Waals surface area contributed by atoms with E-state index in [0.29, 0.717) is 29.1 Å². The van der Waals surface area contributed by atoms with Crippen LogP contribution < -0.4 is 9.47 Å². The van der Waals surface area contributed by atoms with Crippen LogP contribution >= 0.6 is 0 Å². The van der Waals surface area contributed by atoms with Gasteiger partial charge < -0.3 is 18.6 Å². The van der Waals surface area contributed by atoms with Gasteiger partial charge in [-0.15, -0.1) is 0 Å². The Morgan fingerprint density at radius 1 is 1.19 bits per heavy atom. The van der Waals surface area contributed by atoms with Crippen molar-refractivity contribution < 1.29 is 28.2 Å². The molecule has 0 bridgehead atoms. The van der Waals surface area contributed by atoms with Crippen LogP contribution in [-0.2, 0) is 11.3 Å². The number of ether oxygens (including phenoxy) is 3. The minimum atomic E-state index is -0.554. The number of benzene rings is 1. The highest BCUT2D eigenvalue weighted by atomic mass is 16.5. The van der Waals surface area contributed by atoms with Crippen molar-refractivity contribution in [2.45, 2.75) is 6.61 Å². The van der Waals surface area contributed by atoms with E-state index in [9.17, 15) is 9.59 Å². The normalized spacial score (nSPS) is 10.0. The minimum absolute atomic E-state index is 0.0929. The highest BCUT2D eigenvalue weighted by Crippen LogP contribution is 2.28. The molecule has 6 heteroatoms. The molecule has 6 nitrogen and oxygen atoms in total. The lowest BCUT2D eigenvalue weighted by atomic mass is 10.2. The van der Waals surface area contributed by atoms with Gasteiger partial charge in [0.1, 0.15) is 18.7 Å². The molecule has 2 aromatic rings. The predicted octanol–water partition coefficient (Wildman–Crippen LogP) is 2.47. The van der Waals surface area contributed by atoms with E-state index in [0.717, 1.165) is 0 Å². The first-order valence-corrected chi connectivity index (χ1v) is 6.11. The summed E-state index contributed by atoms with van der Waals surface area (Å²) in [6, 6.07) is 7.95. The largest absolute Gasteiger partial charge is 0.493 e. The summed E-state index contributed by atoms with van der Waals surface area (Å²) in [5, 5.41) is 0. The van der Waals surface area contributed by atoms with Gasteiger partial charge in [0.25, 0.3) is 0 Å². The zero-order chi connectivity index (χ0) is 15.2.